The third-order valence-electron chi connectivity index (χ3n) is 2.75. The van der Waals surface area contributed by atoms with Crippen LogP contribution >= 0.6 is 15.9 Å². The molecule has 0 bridgehead atoms. The number of halogens is 2. The van der Waals surface area contributed by atoms with E-state index >= 15 is 0 Å². The molecule has 0 amide bonds. The van der Waals surface area contributed by atoms with Crippen molar-refractivity contribution < 1.29 is 4.39 Å². The molecule has 1 heterocycles. The molecule has 0 atom stereocenters. The van der Waals surface area contributed by atoms with Crippen LogP contribution in [0.5, 0.6) is 0 Å². The van der Waals surface area contributed by atoms with Crippen LogP contribution in [-0.4, -0.2) is 4.57 Å². The number of aryl methyl sites for hydroxylation is 1. The zero-order valence-electron chi connectivity index (χ0n) is 10.2. The highest BCUT2D eigenvalue weighted by atomic mass is 79.9. The van der Waals surface area contributed by atoms with Gasteiger partial charge in [-0.05, 0) is 41.1 Å². The van der Waals surface area contributed by atoms with Crippen LogP contribution in [0.4, 0.5) is 4.39 Å². The predicted octanol–water partition coefficient (Wildman–Crippen LogP) is 2.98. The lowest BCUT2D eigenvalue weighted by Crippen LogP contribution is -2.22. The Morgan fingerprint density at radius 1 is 1.42 bits per heavy atom. The summed E-state index contributed by atoms with van der Waals surface area (Å²) >= 11 is 3.31. The maximum atomic E-state index is 13.8. The third kappa shape index (κ3) is 2.91. The van der Waals surface area contributed by atoms with Gasteiger partial charge in [0.25, 0.3) is 5.56 Å². The van der Waals surface area contributed by atoms with Crippen LogP contribution in [-0.2, 0) is 6.54 Å². The summed E-state index contributed by atoms with van der Waals surface area (Å²) in [5.41, 5.74) is 1.06. The second-order valence-electron chi connectivity index (χ2n) is 4.19. The largest absolute Gasteiger partial charge is 0.310 e. The molecule has 19 heavy (non-hydrogen) atoms. The summed E-state index contributed by atoms with van der Waals surface area (Å²) in [6.45, 7) is 1.84. The average Bonchev–Trinajstić information content (AvgIpc) is 2.37. The number of nitrogens with zero attached hydrogens (tertiary/aromatic N) is 2. The third-order valence-corrected chi connectivity index (χ3v) is 3.19. The summed E-state index contributed by atoms with van der Waals surface area (Å²) in [6.07, 6.45) is 1.62. The summed E-state index contributed by atoms with van der Waals surface area (Å²) in [7, 11) is 0. The second-order valence-corrected chi connectivity index (χ2v) is 5.11. The molecule has 2 rings (SSSR count). The SMILES string of the molecule is Cc1cc(Br)cn(Cc2ccc(C#N)cc2F)c1=O. The average molecular weight is 321 g/mol. The van der Waals surface area contributed by atoms with Gasteiger partial charge >= 0.3 is 0 Å². The van der Waals surface area contributed by atoms with Crippen molar-refractivity contribution in [1.82, 2.24) is 4.57 Å². The summed E-state index contributed by atoms with van der Waals surface area (Å²) in [6, 6.07) is 7.82. The van der Waals surface area contributed by atoms with Crippen LogP contribution in [0.25, 0.3) is 0 Å². The minimum absolute atomic E-state index is 0.136. The van der Waals surface area contributed by atoms with Crippen molar-refractivity contribution in [2.24, 2.45) is 0 Å². The van der Waals surface area contributed by atoms with E-state index in [0.717, 1.165) is 4.47 Å². The first kappa shape index (κ1) is 13.5. The fourth-order valence-corrected chi connectivity index (χ4v) is 2.38. The maximum absolute atomic E-state index is 13.8. The Hall–Kier alpha value is -1.93. The number of rotatable bonds is 2. The highest BCUT2D eigenvalue weighted by Crippen LogP contribution is 2.13. The van der Waals surface area contributed by atoms with Crippen molar-refractivity contribution in [2.45, 2.75) is 13.5 Å². The van der Waals surface area contributed by atoms with E-state index in [1.54, 1.807) is 19.2 Å². The molecule has 0 N–H and O–H groups in total. The second kappa shape index (κ2) is 5.37. The van der Waals surface area contributed by atoms with Crippen molar-refractivity contribution in [3.8, 4) is 6.07 Å². The van der Waals surface area contributed by atoms with Gasteiger partial charge in [-0.15, -0.1) is 0 Å². The van der Waals surface area contributed by atoms with E-state index < -0.39 is 5.82 Å². The van der Waals surface area contributed by atoms with Gasteiger partial charge in [-0.2, -0.15) is 5.26 Å². The van der Waals surface area contributed by atoms with Gasteiger partial charge in [0.05, 0.1) is 18.2 Å². The van der Waals surface area contributed by atoms with Crippen molar-refractivity contribution >= 4 is 15.9 Å². The van der Waals surface area contributed by atoms with E-state index in [2.05, 4.69) is 15.9 Å². The first-order valence-corrected chi connectivity index (χ1v) is 6.35. The molecule has 0 aliphatic rings. The molecular formula is C14H10BrFN2O. The summed E-state index contributed by atoms with van der Waals surface area (Å²) in [4.78, 5) is 11.9. The molecule has 0 saturated carbocycles. The topological polar surface area (TPSA) is 45.8 Å². The fraction of sp³-hybridized carbons (Fsp3) is 0.143. The molecule has 0 aliphatic carbocycles. The summed E-state index contributed by atoms with van der Waals surface area (Å²) in [5.74, 6) is -0.483. The Labute approximate surface area is 118 Å². The number of pyridine rings is 1. The molecule has 96 valence electrons. The summed E-state index contributed by atoms with van der Waals surface area (Å²) < 4.78 is 16.0. The van der Waals surface area contributed by atoms with Crippen LogP contribution in [0.3, 0.4) is 0 Å². The molecule has 5 heteroatoms. The first-order valence-electron chi connectivity index (χ1n) is 5.56. The fourth-order valence-electron chi connectivity index (χ4n) is 1.79. The lowest BCUT2D eigenvalue weighted by Gasteiger charge is -2.09. The number of hydrogen-bond donors (Lipinski definition) is 0. The van der Waals surface area contributed by atoms with Crippen molar-refractivity contribution in [2.75, 3.05) is 0 Å². The van der Waals surface area contributed by atoms with Crippen molar-refractivity contribution in [3.63, 3.8) is 0 Å². The zero-order valence-corrected chi connectivity index (χ0v) is 11.7. The van der Waals surface area contributed by atoms with Crippen LogP contribution in [0.2, 0.25) is 0 Å². The van der Waals surface area contributed by atoms with Gasteiger partial charge in [-0.3, -0.25) is 4.79 Å². The maximum Gasteiger partial charge on any atom is 0.253 e. The van der Waals surface area contributed by atoms with Crippen LogP contribution in [0.15, 0.2) is 39.7 Å². The van der Waals surface area contributed by atoms with Gasteiger partial charge < -0.3 is 4.57 Å². The number of aromatic nitrogens is 1. The van der Waals surface area contributed by atoms with Crippen molar-refractivity contribution in [1.29, 1.82) is 5.26 Å². The lowest BCUT2D eigenvalue weighted by molar-refractivity contribution is 0.595. The predicted molar refractivity (Wildman–Crippen MR) is 73.4 cm³/mol. The Morgan fingerprint density at radius 3 is 2.79 bits per heavy atom. The van der Waals surface area contributed by atoms with Gasteiger partial charge in [0, 0.05) is 21.8 Å². The highest BCUT2D eigenvalue weighted by molar-refractivity contribution is 9.10. The van der Waals surface area contributed by atoms with E-state index in [1.807, 2.05) is 6.07 Å². The van der Waals surface area contributed by atoms with Crippen LogP contribution < -0.4 is 5.56 Å². The lowest BCUT2D eigenvalue weighted by atomic mass is 10.1. The minimum atomic E-state index is -0.483. The molecule has 0 saturated heterocycles. The zero-order chi connectivity index (χ0) is 14.0. The molecule has 0 radical (unpaired) electrons. The molecule has 1 aromatic carbocycles. The van der Waals surface area contributed by atoms with Gasteiger partial charge in [-0.25, -0.2) is 4.39 Å². The molecule has 0 unspecified atom stereocenters. The molecular weight excluding hydrogens is 311 g/mol. The molecule has 0 aliphatic heterocycles. The van der Waals surface area contributed by atoms with Crippen LogP contribution in [0, 0.1) is 24.1 Å². The standard InChI is InChI=1S/C14H10BrFN2O/c1-9-4-12(15)8-18(14(9)19)7-11-3-2-10(6-17)5-13(11)16/h2-5,8H,7H2,1H3. The molecule has 1 aromatic heterocycles. The highest BCUT2D eigenvalue weighted by Gasteiger charge is 2.07. The summed E-state index contributed by atoms with van der Waals surface area (Å²) in [5, 5.41) is 8.68. The van der Waals surface area contributed by atoms with Crippen LogP contribution in [0.1, 0.15) is 16.7 Å². The normalized spacial score (nSPS) is 10.2. The monoisotopic (exact) mass is 320 g/mol. The number of nitriles is 1. The smallest absolute Gasteiger partial charge is 0.253 e. The Bertz CT molecular complexity index is 731. The molecule has 2 aromatic rings. The minimum Gasteiger partial charge on any atom is -0.310 e. The van der Waals surface area contributed by atoms with E-state index in [0.29, 0.717) is 11.1 Å². The quantitative estimate of drug-likeness (QED) is 0.854. The van der Waals surface area contributed by atoms with E-state index in [1.165, 1.54) is 22.8 Å². The molecule has 0 spiro atoms. The van der Waals surface area contributed by atoms with Gasteiger partial charge in [-0.1, -0.05) is 6.07 Å². The molecule has 3 nitrogen and oxygen atoms in total. The van der Waals surface area contributed by atoms with Gasteiger partial charge in [0.1, 0.15) is 5.82 Å². The van der Waals surface area contributed by atoms with E-state index in [-0.39, 0.29) is 17.7 Å². The number of benzene rings is 1. The Morgan fingerprint density at radius 2 is 2.16 bits per heavy atom. The number of hydrogen-bond acceptors (Lipinski definition) is 2. The first-order chi connectivity index (χ1) is 9.01. The van der Waals surface area contributed by atoms with Crippen molar-refractivity contribution in [3.05, 3.63) is 67.8 Å². The Kier molecular flexibility index (Phi) is 3.82. The van der Waals surface area contributed by atoms with E-state index in [9.17, 15) is 9.18 Å². The molecule has 0 fully saturated rings. The van der Waals surface area contributed by atoms with Gasteiger partial charge in [0.2, 0.25) is 0 Å². The van der Waals surface area contributed by atoms with Gasteiger partial charge in [0.15, 0.2) is 0 Å². The van der Waals surface area contributed by atoms with E-state index in [4.69, 9.17) is 5.26 Å². The Balaban J connectivity index is 2.42.